The zero-order valence-electron chi connectivity index (χ0n) is 6.95. The molecule has 0 saturated carbocycles. The SMILES string of the molecule is O=C1Cc2cc(O)ccc2C=CN1. The van der Waals surface area contributed by atoms with Gasteiger partial charge in [-0.1, -0.05) is 6.07 Å². The van der Waals surface area contributed by atoms with Gasteiger partial charge < -0.3 is 10.4 Å². The summed E-state index contributed by atoms with van der Waals surface area (Å²) in [4.78, 5) is 11.1. The smallest absolute Gasteiger partial charge is 0.228 e. The Kier molecular flexibility index (Phi) is 1.77. The van der Waals surface area contributed by atoms with Crippen LogP contribution < -0.4 is 5.32 Å². The van der Waals surface area contributed by atoms with E-state index in [-0.39, 0.29) is 11.7 Å². The Morgan fingerprint density at radius 3 is 3.08 bits per heavy atom. The Balaban J connectivity index is 2.49. The Morgan fingerprint density at radius 2 is 2.23 bits per heavy atom. The first-order valence-electron chi connectivity index (χ1n) is 4.03. The van der Waals surface area contributed by atoms with Crippen molar-refractivity contribution in [3.8, 4) is 5.75 Å². The van der Waals surface area contributed by atoms with Gasteiger partial charge in [0, 0.05) is 6.20 Å². The summed E-state index contributed by atoms with van der Waals surface area (Å²) in [6, 6.07) is 5.02. The summed E-state index contributed by atoms with van der Waals surface area (Å²) in [5, 5.41) is 11.8. The number of fused-ring (bicyclic) bond motifs is 1. The molecule has 1 heterocycles. The van der Waals surface area contributed by atoms with Crippen LogP contribution in [0.1, 0.15) is 11.1 Å². The molecule has 1 aliphatic heterocycles. The van der Waals surface area contributed by atoms with E-state index in [0.29, 0.717) is 6.42 Å². The van der Waals surface area contributed by atoms with E-state index in [2.05, 4.69) is 5.32 Å². The maximum absolute atomic E-state index is 11.1. The molecule has 0 fully saturated rings. The van der Waals surface area contributed by atoms with E-state index in [1.165, 1.54) is 0 Å². The van der Waals surface area contributed by atoms with Gasteiger partial charge in [0.05, 0.1) is 6.42 Å². The van der Waals surface area contributed by atoms with Crippen LogP contribution in [-0.4, -0.2) is 11.0 Å². The number of phenolic OH excluding ortho intramolecular Hbond substituents is 1. The van der Waals surface area contributed by atoms with Crippen LogP contribution in [0.3, 0.4) is 0 Å². The monoisotopic (exact) mass is 175 g/mol. The summed E-state index contributed by atoms with van der Waals surface area (Å²) in [7, 11) is 0. The molecular weight excluding hydrogens is 166 g/mol. The van der Waals surface area contributed by atoms with Gasteiger partial charge in [0.25, 0.3) is 0 Å². The molecule has 0 saturated heterocycles. The van der Waals surface area contributed by atoms with Crippen LogP contribution in [0.5, 0.6) is 5.75 Å². The van der Waals surface area contributed by atoms with Gasteiger partial charge in [-0.3, -0.25) is 4.79 Å². The fraction of sp³-hybridized carbons (Fsp3) is 0.100. The van der Waals surface area contributed by atoms with Gasteiger partial charge in [0.15, 0.2) is 0 Å². The van der Waals surface area contributed by atoms with E-state index < -0.39 is 0 Å². The molecule has 1 aromatic carbocycles. The molecule has 0 bridgehead atoms. The van der Waals surface area contributed by atoms with Crippen molar-refractivity contribution < 1.29 is 9.90 Å². The van der Waals surface area contributed by atoms with Crippen molar-refractivity contribution in [2.75, 3.05) is 0 Å². The lowest BCUT2D eigenvalue weighted by atomic mass is 10.0. The predicted molar refractivity (Wildman–Crippen MR) is 49.0 cm³/mol. The summed E-state index contributed by atoms with van der Waals surface area (Å²) in [5.41, 5.74) is 1.82. The van der Waals surface area contributed by atoms with Crippen LogP contribution in [0.2, 0.25) is 0 Å². The van der Waals surface area contributed by atoms with Crippen molar-refractivity contribution in [1.82, 2.24) is 5.32 Å². The molecule has 0 radical (unpaired) electrons. The molecular formula is C10H9NO2. The van der Waals surface area contributed by atoms with Crippen LogP contribution in [0, 0.1) is 0 Å². The van der Waals surface area contributed by atoms with Gasteiger partial charge in [0.2, 0.25) is 5.91 Å². The average molecular weight is 175 g/mol. The summed E-state index contributed by atoms with van der Waals surface area (Å²) >= 11 is 0. The first-order valence-corrected chi connectivity index (χ1v) is 4.03. The van der Waals surface area contributed by atoms with Crippen molar-refractivity contribution in [2.45, 2.75) is 6.42 Å². The number of hydrogen-bond acceptors (Lipinski definition) is 2. The molecule has 66 valence electrons. The molecule has 2 N–H and O–H groups in total. The van der Waals surface area contributed by atoms with Gasteiger partial charge in [-0.05, 0) is 29.3 Å². The van der Waals surface area contributed by atoms with Crippen LogP contribution in [-0.2, 0) is 11.2 Å². The van der Waals surface area contributed by atoms with E-state index >= 15 is 0 Å². The Hall–Kier alpha value is -1.77. The number of phenols is 1. The first-order chi connectivity index (χ1) is 6.25. The second-order valence-electron chi connectivity index (χ2n) is 2.96. The van der Waals surface area contributed by atoms with E-state index in [9.17, 15) is 9.90 Å². The zero-order chi connectivity index (χ0) is 9.26. The van der Waals surface area contributed by atoms with Gasteiger partial charge in [-0.15, -0.1) is 0 Å². The first kappa shape index (κ1) is 7.86. The van der Waals surface area contributed by atoms with Gasteiger partial charge >= 0.3 is 0 Å². The molecule has 0 spiro atoms. The minimum absolute atomic E-state index is 0.0550. The standard InChI is InChI=1S/C10H9NO2/c12-9-2-1-7-3-4-11-10(13)6-8(7)5-9/h1-5,12H,6H2,(H,11,13). The largest absolute Gasteiger partial charge is 0.508 e. The van der Waals surface area contributed by atoms with Crippen molar-refractivity contribution >= 4 is 12.0 Å². The fourth-order valence-corrected chi connectivity index (χ4v) is 1.36. The minimum Gasteiger partial charge on any atom is -0.508 e. The maximum atomic E-state index is 11.1. The van der Waals surface area contributed by atoms with Crippen molar-refractivity contribution in [1.29, 1.82) is 0 Å². The summed E-state index contributed by atoms with van der Waals surface area (Å²) < 4.78 is 0. The second-order valence-corrected chi connectivity index (χ2v) is 2.96. The van der Waals surface area contributed by atoms with Crippen molar-refractivity contribution in [2.24, 2.45) is 0 Å². The average Bonchev–Trinajstić information content (AvgIpc) is 2.25. The molecule has 0 aromatic heterocycles. The lowest BCUT2D eigenvalue weighted by Crippen LogP contribution is -2.17. The summed E-state index contributed by atoms with van der Waals surface area (Å²) in [6.45, 7) is 0. The Labute approximate surface area is 75.7 Å². The third-order valence-corrected chi connectivity index (χ3v) is 1.98. The van der Waals surface area contributed by atoms with E-state index in [1.807, 2.05) is 6.08 Å². The number of carbonyl (C=O) groups is 1. The fourth-order valence-electron chi connectivity index (χ4n) is 1.36. The van der Waals surface area contributed by atoms with Crippen LogP contribution in [0.4, 0.5) is 0 Å². The molecule has 0 unspecified atom stereocenters. The highest BCUT2D eigenvalue weighted by Gasteiger charge is 2.09. The third kappa shape index (κ3) is 1.54. The number of nitrogens with one attached hydrogen (secondary N) is 1. The van der Waals surface area contributed by atoms with E-state index in [0.717, 1.165) is 11.1 Å². The normalized spacial score (nSPS) is 14.6. The predicted octanol–water partition coefficient (Wildman–Crippen LogP) is 1.04. The van der Waals surface area contributed by atoms with E-state index in [4.69, 9.17) is 0 Å². The number of hydrogen-bond donors (Lipinski definition) is 2. The molecule has 1 aromatic rings. The van der Waals surface area contributed by atoms with Crippen LogP contribution >= 0.6 is 0 Å². The number of amides is 1. The quantitative estimate of drug-likeness (QED) is 0.618. The third-order valence-electron chi connectivity index (χ3n) is 1.98. The van der Waals surface area contributed by atoms with Crippen molar-refractivity contribution in [3.05, 3.63) is 35.5 Å². The van der Waals surface area contributed by atoms with Gasteiger partial charge in [-0.2, -0.15) is 0 Å². The second kappa shape index (κ2) is 2.94. The van der Waals surface area contributed by atoms with E-state index in [1.54, 1.807) is 24.4 Å². The molecule has 3 heteroatoms. The number of benzene rings is 1. The summed E-state index contributed by atoms with van der Waals surface area (Å²) in [6.07, 6.45) is 3.75. The highest BCUT2D eigenvalue weighted by molar-refractivity contribution is 5.83. The van der Waals surface area contributed by atoms with Crippen LogP contribution in [0.25, 0.3) is 6.08 Å². The number of aromatic hydroxyl groups is 1. The molecule has 3 nitrogen and oxygen atoms in total. The lowest BCUT2D eigenvalue weighted by Gasteiger charge is -2.02. The highest BCUT2D eigenvalue weighted by Crippen LogP contribution is 2.19. The topological polar surface area (TPSA) is 49.3 Å². The minimum atomic E-state index is -0.0550. The number of rotatable bonds is 0. The highest BCUT2D eigenvalue weighted by atomic mass is 16.3. The molecule has 0 atom stereocenters. The molecule has 2 rings (SSSR count). The lowest BCUT2D eigenvalue weighted by molar-refractivity contribution is -0.119. The summed E-state index contributed by atoms with van der Waals surface area (Å²) in [5.74, 6) is 0.141. The molecule has 0 aliphatic carbocycles. The van der Waals surface area contributed by atoms with Gasteiger partial charge in [0.1, 0.15) is 5.75 Å². The molecule has 1 amide bonds. The molecule has 13 heavy (non-hydrogen) atoms. The Bertz CT molecular complexity index is 383. The zero-order valence-corrected chi connectivity index (χ0v) is 6.95. The maximum Gasteiger partial charge on any atom is 0.228 e. The van der Waals surface area contributed by atoms with Gasteiger partial charge in [-0.25, -0.2) is 0 Å². The molecule has 1 aliphatic rings. The van der Waals surface area contributed by atoms with Crippen molar-refractivity contribution in [3.63, 3.8) is 0 Å². The Morgan fingerprint density at radius 1 is 1.38 bits per heavy atom. The van der Waals surface area contributed by atoms with Crippen LogP contribution in [0.15, 0.2) is 24.4 Å². The number of carbonyl (C=O) groups excluding carboxylic acids is 1.